The van der Waals surface area contributed by atoms with Crippen molar-refractivity contribution >= 4 is 27.3 Å². The van der Waals surface area contributed by atoms with Gasteiger partial charge in [-0.05, 0) is 48.7 Å². The van der Waals surface area contributed by atoms with Gasteiger partial charge in [-0.3, -0.25) is 4.31 Å². The number of sulfonamides is 1. The van der Waals surface area contributed by atoms with Crippen molar-refractivity contribution in [2.45, 2.75) is 31.6 Å². The summed E-state index contributed by atoms with van der Waals surface area (Å²) in [6.45, 7) is 6.33. The van der Waals surface area contributed by atoms with E-state index < -0.39 is 10.0 Å². The minimum Gasteiger partial charge on any atom is -0.495 e. The van der Waals surface area contributed by atoms with Gasteiger partial charge in [-0.25, -0.2) is 8.42 Å². The SMILES string of the molecule is CCN(c1ccc(C(C)C)cc1)S(=O)(=O)c1ccc(OC)c(Cl)c1. The Hall–Kier alpha value is -1.72. The van der Waals surface area contributed by atoms with E-state index in [1.54, 1.807) is 13.0 Å². The fourth-order valence-electron chi connectivity index (χ4n) is 2.45. The molecule has 0 aromatic heterocycles. The molecule has 2 aromatic rings. The summed E-state index contributed by atoms with van der Waals surface area (Å²) in [6, 6.07) is 12.1. The van der Waals surface area contributed by atoms with Crippen molar-refractivity contribution in [3.8, 4) is 5.75 Å². The molecular weight excluding hydrogens is 346 g/mol. The number of hydrogen-bond donors (Lipinski definition) is 0. The van der Waals surface area contributed by atoms with E-state index in [1.807, 2.05) is 24.3 Å². The van der Waals surface area contributed by atoms with Crippen LogP contribution in [0.2, 0.25) is 5.02 Å². The van der Waals surface area contributed by atoms with Crippen molar-refractivity contribution in [2.24, 2.45) is 0 Å². The highest BCUT2D eigenvalue weighted by Gasteiger charge is 2.24. The molecule has 0 heterocycles. The first-order valence-corrected chi connectivity index (χ1v) is 9.59. The predicted molar refractivity (Wildman–Crippen MR) is 98.7 cm³/mol. The molecule has 0 saturated carbocycles. The molecule has 2 aromatic carbocycles. The third kappa shape index (κ3) is 3.68. The van der Waals surface area contributed by atoms with Gasteiger partial charge in [0.15, 0.2) is 0 Å². The molecule has 6 heteroatoms. The van der Waals surface area contributed by atoms with Crippen LogP contribution in [0.1, 0.15) is 32.3 Å². The Morgan fingerprint density at radius 2 is 1.75 bits per heavy atom. The molecule has 24 heavy (non-hydrogen) atoms. The molecule has 0 saturated heterocycles. The van der Waals surface area contributed by atoms with Crippen LogP contribution in [0, 0.1) is 0 Å². The zero-order valence-electron chi connectivity index (χ0n) is 14.3. The molecule has 0 N–H and O–H groups in total. The van der Waals surface area contributed by atoms with Crippen LogP contribution in [0.4, 0.5) is 5.69 Å². The molecular formula is C18H22ClNO3S. The Morgan fingerprint density at radius 1 is 1.12 bits per heavy atom. The van der Waals surface area contributed by atoms with Gasteiger partial charge in [0, 0.05) is 6.54 Å². The number of anilines is 1. The fourth-order valence-corrected chi connectivity index (χ4v) is 4.27. The quantitative estimate of drug-likeness (QED) is 0.744. The summed E-state index contributed by atoms with van der Waals surface area (Å²) in [4.78, 5) is 0.142. The van der Waals surface area contributed by atoms with E-state index in [0.717, 1.165) is 0 Å². The third-order valence-corrected chi connectivity index (χ3v) is 6.04. The van der Waals surface area contributed by atoms with E-state index in [2.05, 4.69) is 13.8 Å². The summed E-state index contributed by atoms with van der Waals surface area (Å²) >= 11 is 6.08. The Labute approximate surface area is 149 Å². The number of halogens is 1. The fraction of sp³-hybridized carbons (Fsp3) is 0.333. The standard InChI is InChI=1S/C18H22ClNO3S/c1-5-20(15-8-6-14(7-9-15)13(2)3)24(21,22)16-10-11-18(23-4)17(19)12-16/h6-13H,5H2,1-4H3. The van der Waals surface area contributed by atoms with Crippen LogP contribution in [-0.2, 0) is 10.0 Å². The number of methoxy groups -OCH3 is 1. The van der Waals surface area contributed by atoms with Gasteiger partial charge in [-0.2, -0.15) is 0 Å². The van der Waals surface area contributed by atoms with Crippen molar-refractivity contribution in [3.05, 3.63) is 53.1 Å². The highest BCUT2D eigenvalue weighted by Crippen LogP contribution is 2.30. The Balaban J connectivity index is 2.43. The van der Waals surface area contributed by atoms with E-state index in [1.165, 1.54) is 29.1 Å². The monoisotopic (exact) mass is 367 g/mol. The first kappa shape index (κ1) is 18.6. The number of nitrogens with zero attached hydrogens (tertiary/aromatic N) is 1. The van der Waals surface area contributed by atoms with Crippen LogP contribution in [-0.4, -0.2) is 22.1 Å². The topological polar surface area (TPSA) is 46.6 Å². The van der Waals surface area contributed by atoms with Gasteiger partial charge in [0.05, 0.1) is 22.7 Å². The molecule has 0 bridgehead atoms. The lowest BCUT2D eigenvalue weighted by atomic mass is 10.0. The summed E-state index contributed by atoms with van der Waals surface area (Å²) in [5, 5.41) is 0.268. The minimum absolute atomic E-state index is 0.142. The van der Waals surface area contributed by atoms with Crippen LogP contribution in [0.3, 0.4) is 0 Å². The minimum atomic E-state index is -3.69. The Bertz CT molecular complexity index is 802. The van der Waals surface area contributed by atoms with Crippen molar-refractivity contribution in [2.75, 3.05) is 18.0 Å². The van der Waals surface area contributed by atoms with Gasteiger partial charge in [-0.1, -0.05) is 37.6 Å². The van der Waals surface area contributed by atoms with E-state index in [0.29, 0.717) is 23.9 Å². The van der Waals surface area contributed by atoms with Crippen LogP contribution < -0.4 is 9.04 Å². The van der Waals surface area contributed by atoms with Crippen molar-refractivity contribution < 1.29 is 13.2 Å². The lowest BCUT2D eigenvalue weighted by Gasteiger charge is -2.23. The molecule has 0 fully saturated rings. The second kappa shape index (κ2) is 7.45. The van der Waals surface area contributed by atoms with Gasteiger partial charge in [0.1, 0.15) is 5.75 Å². The largest absolute Gasteiger partial charge is 0.495 e. The lowest BCUT2D eigenvalue weighted by molar-refractivity contribution is 0.414. The molecule has 0 aliphatic rings. The van der Waals surface area contributed by atoms with Gasteiger partial charge in [0.2, 0.25) is 0 Å². The summed E-state index contributed by atoms with van der Waals surface area (Å²) in [7, 11) is -2.20. The Morgan fingerprint density at radius 3 is 2.21 bits per heavy atom. The summed E-state index contributed by atoms with van der Waals surface area (Å²) in [5.41, 5.74) is 1.80. The molecule has 2 rings (SSSR count). The average molecular weight is 368 g/mol. The maximum absolute atomic E-state index is 13.0. The van der Waals surface area contributed by atoms with Gasteiger partial charge in [0.25, 0.3) is 10.0 Å². The predicted octanol–water partition coefficient (Wildman–Crippen LogP) is 4.69. The molecule has 0 amide bonds. The van der Waals surface area contributed by atoms with E-state index in [9.17, 15) is 8.42 Å². The first-order chi connectivity index (χ1) is 11.3. The van der Waals surface area contributed by atoms with Crippen molar-refractivity contribution in [3.63, 3.8) is 0 Å². The average Bonchev–Trinajstić information content (AvgIpc) is 2.55. The van der Waals surface area contributed by atoms with E-state index in [-0.39, 0.29) is 9.92 Å². The maximum atomic E-state index is 13.0. The van der Waals surface area contributed by atoms with Crippen LogP contribution in [0.15, 0.2) is 47.4 Å². The summed E-state index contributed by atoms with van der Waals surface area (Å²) in [5.74, 6) is 0.839. The highest BCUT2D eigenvalue weighted by atomic mass is 35.5. The number of benzene rings is 2. The molecule has 0 spiro atoms. The van der Waals surface area contributed by atoms with Crippen LogP contribution in [0.5, 0.6) is 5.75 Å². The summed E-state index contributed by atoms with van der Waals surface area (Å²) < 4.78 is 32.4. The van der Waals surface area contributed by atoms with Gasteiger partial charge in [-0.15, -0.1) is 0 Å². The van der Waals surface area contributed by atoms with E-state index >= 15 is 0 Å². The third-order valence-electron chi connectivity index (χ3n) is 3.85. The second-order valence-corrected chi connectivity index (χ2v) is 7.98. The normalized spacial score (nSPS) is 11.6. The number of rotatable bonds is 6. The molecule has 4 nitrogen and oxygen atoms in total. The summed E-state index contributed by atoms with van der Waals surface area (Å²) in [6.07, 6.45) is 0. The highest BCUT2D eigenvalue weighted by molar-refractivity contribution is 7.92. The van der Waals surface area contributed by atoms with Crippen LogP contribution in [0.25, 0.3) is 0 Å². The smallest absolute Gasteiger partial charge is 0.264 e. The van der Waals surface area contributed by atoms with E-state index in [4.69, 9.17) is 16.3 Å². The number of hydrogen-bond acceptors (Lipinski definition) is 3. The zero-order chi connectivity index (χ0) is 17.9. The zero-order valence-corrected chi connectivity index (χ0v) is 15.9. The van der Waals surface area contributed by atoms with Gasteiger partial charge >= 0.3 is 0 Å². The first-order valence-electron chi connectivity index (χ1n) is 7.77. The second-order valence-electron chi connectivity index (χ2n) is 5.71. The maximum Gasteiger partial charge on any atom is 0.264 e. The molecule has 0 radical (unpaired) electrons. The number of ether oxygens (including phenoxy) is 1. The molecule has 0 aliphatic carbocycles. The molecule has 0 aliphatic heterocycles. The molecule has 0 unspecified atom stereocenters. The molecule has 130 valence electrons. The molecule has 0 atom stereocenters. The van der Waals surface area contributed by atoms with Crippen molar-refractivity contribution in [1.29, 1.82) is 0 Å². The van der Waals surface area contributed by atoms with Gasteiger partial charge < -0.3 is 4.74 Å². The Kier molecular flexibility index (Phi) is 5.78. The lowest BCUT2D eigenvalue weighted by Crippen LogP contribution is -2.30. The van der Waals surface area contributed by atoms with Crippen LogP contribution >= 0.6 is 11.6 Å². The van der Waals surface area contributed by atoms with Crippen molar-refractivity contribution in [1.82, 2.24) is 0 Å².